The number of nitrogens with zero attached hydrogens (tertiary/aromatic N) is 1. The van der Waals surface area contributed by atoms with Crippen LogP contribution in [0.3, 0.4) is 0 Å². The monoisotopic (exact) mass is 529 g/mol. The maximum Gasteiger partial charge on any atom is 0.0560 e. The molecule has 4 heteroatoms. The molecule has 1 atom stereocenters. The Labute approximate surface area is 161 Å². The van der Waals surface area contributed by atoms with Gasteiger partial charge < -0.3 is 4.90 Å². The maximum atomic E-state index is 3.55. The van der Waals surface area contributed by atoms with Crippen LogP contribution in [0.25, 0.3) is 0 Å². The van der Waals surface area contributed by atoms with Gasteiger partial charge in [-0.1, -0.05) is 50.1 Å². The smallest absolute Gasteiger partial charge is 0.0560 e. The van der Waals surface area contributed by atoms with E-state index in [9.17, 15) is 0 Å². The molecule has 0 amide bonds. The number of halogens is 3. The zero-order valence-corrected chi connectivity index (χ0v) is 17.0. The second kappa shape index (κ2) is 7.32. The molecule has 0 fully saturated rings. The highest BCUT2D eigenvalue weighted by atomic mass is 127. The molecule has 22 heavy (non-hydrogen) atoms. The number of hydrogen-bond donors (Lipinski definition) is 0. The van der Waals surface area contributed by atoms with E-state index in [0.29, 0.717) is 6.04 Å². The molecule has 0 radical (unpaired) electrons. The normalized spacial score (nSPS) is 17.2. The zero-order valence-electron chi connectivity index (χ0n) is 11.7. The summed E-state index contributed by atoms with van der Waals surface area (Å²) in [7, 11) is 0. The van der Waals surface area contributed by atoms with Crippen LogP contribution < -0.4 is 4.90 Å². The minimum absolute atomic E-state index is 0.322. The molecule has 1 unspecified atom stereocenters. The summed E-state index contributed by atoms with van der Waals surface area (Å²) in [5, 5.41) is 0. The highest BCUT2D eigenvalue weighted by Crippen LogP contribution is 2.33. The fraction of sp³-hybridized carbons (Fsp3) is 0.111. The van der Waals surface area contributed by atoms with Gasteiger partial charge >= 0.3 is 0 Å². The molecule has 2 aromatic rings. The van der Waals surface area contributed by atoms with E-state index in [0.717, 1.165) is 15.4 Å². The van der Waals surface area contributed by atoms with E-state index in [1.165, 1.54) is 14.9 Å². The third kappa shape index (κ3) is 3.84. The average molecular weight is 531 g/mol. The van der Waals surface area contributed by atoms with Crippen molar-refractivity contribution < 1.29 is 0 Å². The molecule has 1 aliphatic carbocycles. The van der Waals surface area contributed by atoms with Crippen LogP contribution in [0, 0.1) is 3.57 Å². The first-order valence-corrected chi connectivity index (χ1v) is 9.64. The molecule has 0 aromatic heterocycles. The molecule has 0 aliphatic heterocycles. The molecular weight excluding hydrogens is 517 g/mol. The third-order valence-electron chi connectivity index (χ3n) is 3.57. The molecule has 0 N–H and O–H groups in total. The van der Waals surface area contributed by atoms with Crippen molar-refractivity contribution in [2.45, 2.75) is 12.5 Å². The average Bonchev–Trinajstić information content (AvgIpc) is 2.53. The van der Waals surface area contributed by atoms with E-state index < -0.39 is 0 Å². The molecule has 0 bridgehead atoms. The summed E-state index contributed by atoms with van der Waals surface area (Å²) in [6.07, 6.45) is 7.60. The number of benzene rings is 2. The summed E-state index contributed by atoms with van der Waals surface area (Å²) >= 11 is 9.40. The van der Waals surface area contributed by atoms with Crippen molar-refractivity contribution in [3.05, 3.63) is 79.3 Å². The first-order chi connectivity index (χ1) is 10.6. The topological polar surface area (TPSA) is 3.24 Å². The fourth-order valence-corrected chi connectivity index (χ4v) is 3.47. The van der Waals surface area contributed by atoms with E-state index in [1.807, 2.05) is 0 Å². The summed E-state index contributed by atoms with van der Waals surface area (Å²) in [5.41, 5.74) is 2.41. The van der Waals surface area contributed by atoms with Crippen molar-refractivity contribution in [1.29, 1.82) is 0 Å². The van der Waals surface area contributed by atoms with Crippen LogP contribution in [0.4, 0.5) is 11.4 Å². The van der Waals surface area contributed by atoms with Gasteiger partial charge in [0.15, 0.2) is 0 Å². The van der Waals surface area contributed by atoms with E-state index >= 15 is 0 Å². The highest BCUT2D eigenvalue weighted by Gasteiger charge is 2.19. The number of allylic oxidation sites excluding steroid dienone is 2. The van der Waals surface area contributed by atoms with Crippen LogP contribution in [0.1, 0.15) is 6.42 Å². The van der Waals surface area contributed by atoms with Gasteiger partial charge in [0, 0.05) is 23.9 Å². The van der Waals surface area contributed by atoms with Gasteiger partial charge in [-0.2, -0.15) is 0 Å². The minimum Gasteiger partial charge on any atom is -0.334 e. The van der Waals surface area contributed by atoms with Gasteiger partial charge in [-0.05, 0) is 77.5 Å². The molecule has 1 nitrogen and oxygen atoms in total. The Bertz CT molecular complexity index is 659. The standard InChI is InChI=1S/C18H14Br2IN/c19-13-1-7-16(8-2-13)22(17-9-3-14(20)4-10-17)18-11-5-15(21)6-12-18/h1-9,11-12,17H,10H2. The lowest BCUT2D eigenvalue weighted by atomic mass is 10.0. The molecule has 0 saturated heterocycles. The van der Waals surface area contributed by atoms with Gasteiger partial charge in [-0.3, -0.25) is 0 Å². The van der Waals surface area contributed by atoms with E-state index in [4.69, 9.17) is 0 Å². The molecule has 1 aliphatic rings. The Hall–Kier alpha value is -0.590. The van der Waals surface area contributed by atoms with Gasteiger partial charge in [-0.15, -0.1) is 0 Å². The predicted octanol–water partition coefficient (Wildman–Crippen LogP) is 6.80. The summed E-state index contributed by atoms with van der Waals surface area (Å²) in [5.74, 6) is 0. The first-order valence-electron chi connectivity index (χ1n) is 6.98. The minimum atomic E-state index is 0.322. The highest BCUT2D eigenvalue weighted by molar-refractivity contribution is 14.1. The Balaban J connectivity index is 2.00. The molecule has 0 heterocycles. The van der Waals surface area contributed by atoms with Gasteiger partial charge in [0.2, 0.25) is 0 Å². The van der Waals surface area contributed by atoms with E-state index in [-0.39, 0.29) is 0 Å². The lowest BCUT2D eigenvalue weighted by Gasteiger charge is -2.33. The zero-order chi connectivity index (χ0) is 15.5. The molecule has 0 spiro atoms. The Morgan fingerprint density at radius 3 is 2.05 bits per heavy atom. The molecule has 112 valence electrons. The van der Waals surface area contributed by atoms with E-state index in [1.54, 1.807) is 0 Å². The summed E-state index contributed by atoms with van der Waals surface area (Å²) in [6, 6.07) is 17.5. The van der Waals surface area contributed by atoms with Crippen LogP contribution in [-0.4, -0.2) is 6.04 Å². The first kappa shape index (κ1) is 16.3. The molecular formula is C18H14Br2IN. The number of hydrogen-bond acceptors (Lipinski definition) is 1. The van der Waals surface area contributed by atoms with Crippen molar-refractivity contribution in [3.8, 4) is 0 Å². The SMILES string of the molecule is BrC1=CCC(N(c2ccc(Br)cc2)c2ccc(I)cc2)C=C1. The van der Waals surface area contributed by atoms with Gasteiger partial charge in [0.05, 0.1) is 6.04 Å². The Kier molecular flexibility index (Phi) is 5.42. The largest absolute Gasteiger partial charge is 0.334 e. The van der Waals surface area contributed by atoms with Crippen molar-refractivity contribution in [2.24, 2.45) is 0 Å². The quantitative estimate of drug-likeness (QED) is 0.395. The molecule has 0 saturated carbocycles. The van der Waals surface area contributed by atoms with Crippen LogP contribution >= 0.6 is 54.5 Å². The van der Waals surface area contributed by atoms with E-state index in [2.05, 4.69) is 126 Å². The van der Waals surface area contributed by atoms with Gasteiger partial charge in [0.1, 0.15) is 0 Å². The van der Waals surface area contributed by atoms with Crippen LogP contribution in [-0.2, 0) is 0 Å². The lowest BCUT2D eigenvalue weighted by molar-refractivity contribution is 0.784. The van der Waals surface area contributed by atoms with Crippen molar-refractivity contribution in [2.75, 3.05) is 4.90 Å². The van der Waals surface area contributed by atoms with Crippen LogP contribution in [0.2, 0.25) is 0 Å². The second-order valence-corrected chi connectivity index (χ2v) is 8.15. The van der Waals surface area contributed by atoms with Gasteiger partial charge in [0.25, 0.3) is 0 Å². The fourth-order valence-electron chi connectivity index (χ4n) is 2.51. The molecule has 3 rings (SSSR count). The summed E-state index contributed by atoms with van der Waals surface area (Å²) in [6.45, 7) is 0. The van der Waals surface area contributed by atoms with Crippen molar-refractivity contribution in [1.82, 2.24) is 0 Å². The Morgan fingerprint density at radius 1 is 0.909 bits per heavy atom. The van der Waals surface area contributed by atoms with Gasteiger partial charge in [-0.25, -0.2) is 0 Å². The Morgan fingerprint density at radius 2 is 1.50 bits per heavy atom. The second-order valence-electron chi connectivity index (χ2n) is 5.07. The lowest BCUT2D eigenvalue weighted by Crippen LogP contribution is -2.29. The summed E-state index contributed by atoms with van der Waals surface area (Å²) in [4.78, 5) is 2.38. The van der Waals surface area contributed by atoms with Crippen molar-refractivity contribution >= 4 is 65.8 Å². The molecule has 2 aromatic carbocycles. The van der Waals surface area contributed by atoms with Crippen LogP contribution in [0.15, 0.2) is 75.7 Å². The third-order valence-corrected chi connectivity index (χ3v) is 5.41. The van der Waals surface area contributed by atoms with Crippen molar-refractivity contribution in [3.63, 3.8) is 0 Å². The predicted molar refractivity (Wildman–Crippen MR) is 110 cm³/mol. The number of rotatable bonds is 3. The van der Waals surface area contributed by atoms with Crippen LogP contribution in [0.5, 0.6) is 0 Å². The summed E-state index contributed by atoms with van der Waals surface area (Å²) < 4.78 is 3.50. The maximum absolute atomic E-state index is 3.55. The number of anilines is 2.